The first kappa shape index (κ1) is 14.9. The van der Waals surface area contributed by atoms with Crippen molar-refractivity contribution in [1.82, 2.24) is 5.32 Å². The summed E-state index contributed by atoms with van der Waals surface area (Å²) in [6, 6.07) is 9.62. The molecule has 1 fully saturated rings. The second kappa shape index (κ2) is 6.81. The summed E-state index contributed by atoms with van der Waals surface area (Å²) in [5, 5.41) is 3.56. The third-order valence-corrected chi connectivity index (χ3v) is 5.22. The highest BCUT2D eigenvalue weighted by Crippen LogP contribution is 2.39. The van der Waals surface area contributed by atoms with Crippen LogP contribution in [0.2, 0.25) is 0 Å². The lowest BCUT2D eigenvalue weighted by molar-refractivity contribution is 0.180. The molecule has 1 aromatic rings. The molecule has 0 heterocycles. The Morgan fingerprint density at radius 3 is 2.11 bits per heavy atom. The molecule has 1 aromatic carbocycles. The second-order valence-corrected chi connectivity index (χ2v) is 7.10. The van der Waals surface area contributed by atoms with Crippen molar-refractivity contribution in [3.8, 4) is 0 Å². The first-order valence-electron chi connectivity index (χ1n) is 7.45. The second-order valence-electron chi connectivity index (χ2n) is 6.22. The molecule has 1 aliphatic carbocycles. The molecule has 0 amide bonds. The minimum atomic E-state index is 0.515. The smallest absolute Gasteiger partial charge is 0.0346 e. The van der Waals surface area contributed by atoms with Crippen LogP contribution in [0.4, 0.5) is 0 Å². The Hall–Kier alpha value is -0.470. The first-order valence-corrected chi connectivity index (χ1v) is 8.67. The van der Waals surface area contributed by atoms with Gasteiger partial charge in [-0.1, -0.05) is 26.0 Å². The molecule has 1 N–H and O–H groups in total. The Labute approximate surface area is 122 Å². The number of thioether (sulfide) groups is 1. The summed E-state index contributed by atoms with van der Waals surface area (Å²) >= 11 is 1.81. The summed E-state index contributed by atoms with van der Waals surface area (Å²) < 4.78 is 0. The van der Waals surface area contributed by atoms with Gasteiger partial charge in [-0.2, -0.15) is 0 Å². The van der Waals surface area contributed by atoms with Gasteiger partial charge in [0.1, 0.15) is 0 Å². The third-order valence-electron chi connectivity index (χ3n) is 4.47. The largest absolute Gasteiger partial charge is 0.313 e. The number of nitrogens with one attached hydrogen (secondary N) is 1. The minimum Gasteiger partial charge on any atom is -0.313 e. The van der Waals surface area contributed by atoms with E-state index in [4.69, 9.17) is 0 Å². The Bertz CT molecular complexity index is 377. The van der Waals surface area contributed by atoms with Crippen molar-refractivity contribution in [2.75, 3.05) is 13.3 Å². The Balaban J connectivity index is 2.13. The van der Waals surface area contributed by atoms with Crippen LogP contribution in [0.25, 0.3) is 0 Å². The van der Waals surface area contributed by atoms with E-state index in [1.807, 2.05) is 11.8 Å². The van der Waals surface area contributed by atoms with E-state index in [0.717, 1.165) is 17.8 Å². The highest BCUT2D eigenvalue weighted by atomic mass is 32.2. The van der Waals surface area contributed by atoms with Gasteiger partial charge in [-0.25, -0.2) is 0 Å². The van der Waals surface area contributed by atoms with E-state index < -0.39 is 0 Å². The maximum Gasteiger partial charge on any atom is 0.0346 e. The summed E-state index contributed by atoms with van der Waals surface area (Å²) in [6.45, 7) is 4.82. The fraction of sp³-hybridized carbons (Fsp3) is 0.647. The minimum absolute atomic E-state index is 0.515. The quantitative estimate of drug-likeness (QED) is 0.798. The molecule has 3 unspecified atom stereocenters. The number of hydrogen-bond acceptors (Lipinski definition) is 2. The van der Waals surface area contributed by atoms with Crippen molar-refractivity contribution in [1.29, 1.82) is 0 Å². The SMILES string of the molecule is CNC(c1ccc(SC)cc1)C1CC(C)CC(C)C1. The normalized spacial score (nSPS) is 29.2. The van der Waals surface area contributed by atoms with Gasteiger partial charge in [0.15, 0.2) is 0 Å². The average molecular weight is 277 g/mol. The molecule has 106 valence electrons. The van der Waals surface area contributed by atoms with Crippen molar-refractivity contribution in [2.45, 2.75) is 44.0 Å². The predicted molar refractivity (Wildman–Crippen MR) is 85.7 cm³/mol. The van der Waals surface area contributed by atoms with Crippen LogP contribution >= 0.6 is 11.8 Å². The molecule has 1 saturated carbocycles. The molecule has 0 aliphatic heterocycles. The average Bonchev–Trinajstić information content (AvgIpc) is 2.39. The van der Waals surface area contributed by atoms with Crippen LogP contribution in [0.3, 0.4) is 0 Å². The van der Waals surface area contributed by atoms with E-state index in [-0.39, 0.29) is 0 Å². The topological polar surface area (TPSA) is 12.0 Å². The lowest BCUT2D eigenvalue weighted by Gasteiger charge is -2.36. The fourth-order valence-corrected chi connectivity index (χ4v) is 4.18. The maximum absolute atomic E-state index is 3.56. The summed E-state index contributed by atoms with van der Waals surface area (Å²) in [6.07, 6.45) is 6.26. The van der Waals surface area contributed by atoms with Gasteiger partial charge in [0, 0.05) is 10.9 Å². The molecule has 19 heavy (non-hydrogen) atoms. The molecule has 0 spiro atoms. The summed E-state index contributed by atoms with van der Waals surface area (Å²) in [5.74, 6) is 2.52. The van der Waals surface area contributed by atoms with E-state index >= 15 is 0 Å². The van der Waals surface area contributed by atoms with Crippen LogP contribution in [0.5, 0.6) is 0 Å². The molecular weight excluding hydrogens is 250 g/mol. The van der Waals surface area contributed by atoms with Crippen molar-refractivity contribution < 1.29 is 0 Å². The van der Waals surface area contributed by atoms with E-state index in [0.29, 0.717) is 6.04 Å². The summed E-state index contributed by atoms with van der Waals surface area (Å²) in [5.41, 5.74) is 1.45. The van der Waals surface area contributed by atoms with Crippen LogP contribution in [0.15, 0.2) is 29.2 Å². The monoisotopic (exact) mass is 277 g/mol. The summed E-state index contributed by atoms with van der Waals surface area (Å²) in [4.78, 5) is 1.35. The fourth-order valence-electron chi connectivity index (χ4n) is 3.77. The molecule has 0 saturated heterocycles. The highest BCUT2D eigenvalue weighted by molar-refractivity contribution is 7.98. The van der Waals surface area contributed by atoms with Crippen LogP contribution in [-0.2, 0) is 0 Å². The molecule has 0 radical (unpaired) electrons. The molecule has 2 rings (SSSR count). The van der Waals surface area contributed by atoms with E-state index in [1.165, 1.54) is 29.7 Å². The van der Waals surface area contributed by atoms with Crippen LogP contribution < -0.4 is 5.32 Å². The number of rotatable bonds is 4. The number of benzene rings is 1. The van der Waals surface area contributed by atoms with Gasteiger partial charge in [0.25, 0.3) is 0 Å². The van der Waals surface area contributed by atoms with Crippen molar-refractivity contribution in [2.24, 2.45) is 17.8 Å². The van der Waals surface area contributed by atoms with Crippen molar-refractivity contribution >= 4 is 11.8 Å². The Kier molecular flexibility index (Phi) is 5.35. The summed E-state index contributed by atoms with van der Waals surface area (Å²) in [7, 11) is 2.11. The van der Waals surface area contributed by atoms with Gasteiger partial charge >= 0.3 is 0 Å². The van der Waals surface area contributed by atoms with Gasteiger partial charge in [0.05, 0.1) is 0 Å². The maximum atomic E-state index is 3.56. The van der Waals surface area contributed by atoms with E-state index in [2.05, 4.69) is 56.7 Å². The molecule has 2 heteroatoms. The van der Waals surface area contributed by atoms with Crippen LogP contribution in [0.1, 0.15) is 44.7 Å². The Morgan fingerprint density at radius 2 is 1.63 bits per heavy atom. The van der Waals surface area contributed by atoms with Crippen molar-refractivity contribution in [3.05, 3.63) is 29.8 Å². The van der Waals surface area contributed by atoms with Gasteiger partial charge in [-0.05, 0) is 68.0 Å². The zero-order chi connectivity index (χ0) is 13.8. The molecular formula is C17H27NS. The number of hydrogen-bond donors (Lipinski definition) is 1. The van der Waals surface area contributed by atoms with Gasteiger partial charge in [-0.3, -0.25) is 0 Å². The first-order chi connectivity index (χ1) is 9.13. The molecule has 0 aromatic heterocycles. The lowest BCUT2D eigenvalue weighted by Crippen LogP contribution is -2.31. The van der Waals surface area contributed by atoms with E-state index in [1.54, 1.807) is 0 Å². The Morgan fingerprint density at radius 1 is 1.05 bits per heavy atom. The highest BCUT2D eigenvalue weighted by Gasteiger charge is 2.29. The van der Waals surface area contributed by atoms with Gasteiger partial charge < -0.3 is 5.32 Å². The molecule has 3 atom stereocenters. The van der Waals surface area contributed by atoms with Crippen LogP contribution in [0, 0.1) is 17.8 Å². The molecule has 1 aliphatic rings. The van der Waals surface area contributed by atoms with Gasteiger partial charge in [0.2, 0.25) is 0 Å². The lowest BCUT2D eigenvalue weighted by atomic mass is 9.72. The van der Waals surface area contributed by atoms with E-state index in [9.17, 15) is 0 Å². The predicted octanol–water partition coefficient (Wildman–Crippen LogP) is 4.74. The van der Waals surface area contributed by atoms with Crippen LogP contribution in [-0.4, -0.2) is 13.3 Å². The molecule has 1 nitrogen and oxygen atoms in total. The molecule has 0 bridgehead atoms. The third kappa shape index (κ3) is 3.76. The zero-order valence-corrected chi connectivity index (χ0v) is 13.5. The van der Waals surface area contributed by atoms with Crippen molar-refractivity contribution in [3.63, 3.8) is 0 Å². The standard InChI is InChI=1S/C17H27NS/c1-12-9-13(2)11-15(10-12)17(18-3)14-5-7-16(19-4)8-6-14/h5-8,12-13,15,17-18H,9-11H2,1-4H3. The zero-order valence-electron chi connectivity index (χ0n) is 12.6. The van der Waals surface area contributed by atoms with Gasteiger partial charge in [-0.15, -0.1) is 11.8 Å².